The van der Waals surface area contributed by atoms with Crippen LogP contribution in [0.5, 0.6) is 11.6 Å². The van der Waals surface area contributed by atoms with Crippen molar-refractivity contribution in [3.63, 3.8) is 0 Å². The number of anilines is 1. The molecule has 7 heteroatoms. The Bertz CT molecular complexity index is 764. The molecule has 1 aliphatic rings. The van der Waals surface area contributed by atoms with Crippen molar-refractivity contribution < 1.29 is 14.3 Å². The second-order valence-corrected chi connectivity index (χ2v) is 6.87. The molecular weight excluding hydrogens is 356 g/mol. The van der Waals surface area contributed by atoms with Gasteiger partial charge in [-0.05, 0) is 45.2 Å². The third kappa shape index (κ3) is 5.84. The van der Waals surface area contributed by atoms with E-state index in [4.69, 9.17) is 9.47 Å². The number of carbonyl (C=O) groups excluding carboxylic acids is 1. The van der Waals surface area contributed by atoms with Gasteiger partial charge in [-0.15, -0.1) is 0 Å². The number of amides is 1. The van der Waals surface area contributed by atoms with E-state index in [0.29, 0.717) is 30.6 Å². The number of piperidine rings is 1. The summed E-state index contributed by atoms with van der Waals surface area (Å²) in [5.74, 6) is 2.63. The molecule has 1 aromatic carbocycles. The summed E-state index contributed by atoms with van der Waals surface area (Å²) >= 11 is 0. The summed E-state index contributed by atoms with van der Waals surface area (Å²) < 4.78 is 11.3. The summed E-state index contributed by atoms with van der Waals surface area (Å²) in [6, 6.07) is 11.2. The van der Waals surface area contributed by atoms with Crippen molar-refractivity contribution in [1.82, 2.24) is 15.3 Å². The average Bonchev–Trinajstić information content (AvgIpc) is 2.72. The van der Waals surface area contributed by atoms with Crippen LogP contribution in [0.1, 0.15) is 32.0 Å². The number of aromatic nitrogens is 2. The van der Waals surface area contributed by atoms with Crippen molar-refractivity contribution >= 4 is 11.7 Å². The SMILES string of the molecule is Cc1nc(OCCNC(=O)C(C)Oc2ccccc2)cc(N2CCCCC2)n1. The molecule has 1 amide bonds. The Labute approximate surface area is 166 Å². The Balaban J connectivity index is 1.44. The molecule has 1 aromatic heterocycles. The van der Waals surface area contributed by atoms with E-state index in [1.54, 1.807) is 6.92 Å². The normalized spacial score (nSPS) is 15.0. The largest absolute Gasteiger partial charge is 0.481 e. The zero-order valence-electron chi connectivity index (χ0n) is 16.6. The first-order valence-electron chi connectivity index (χ1n) is 9.84. The number of aryl methyl sites for hydroxylation is 1. The number of nitrogens with one attached hydrogen (secondary N) is 1. The van der Waals surface area contributed by atoms with Gasteiger partial charge in [0.05, 0.1) is 6.54 Å². The van der Waals surface area contributed by atoms with Crippen molar-refractivity contribution in [2.75, 3.05) is 31.1 Å². The fourth-order valence-corrected chi connectivity index (χ4v) is 3.11. The fourth-order valence-electron chi connectivity index (χ4n) is 3.11. The lowest BCUT2D eigenvalue weighted by molar-refractivity contribution is -0.127. The molecule has 1 saturated heterocycles. The van der Waals surface area contributed by atoms with Crippen LogP contribution in [0.4, 0.5) is 5.82 Å². The van der Waals surface area contributed by atoms with Crippen molar-refractivity contribution in [3.8, 4) is 11.6 Å². The first-order chi connectivity index (χ1) is 13.6. The highest BCUT2D eigenvalue weighted by molar-refractivity contribution is 5.80. The number of benzene rings is 1. The van der Waals surface area contributed by atoms with Gasteiger partial charge in [0.2, 0.25) is 5.88 Å². The Hall–Kier alpha value is -2.83. The summed E-state index contributed by atoms with van der Waals surface area (Å²) in [5, 5.41) is 2.82. The zero-order valence-corrected chi connectivity index (χ0v) is 16.6. The molecule has 1 N–H and O–H groups in total. The molecule has 1 aliphatic heterocycles. The Morgan fingerprint density at radius 2 is 1.93 bits per heavy atom. The predicted octanol–water partition coefficient (Wildman–Crippen LogP) is 2.74. The smallest absolute Gasteiger partial charge is 0.260 e. The van der Waals surface area contributed by atoms with Crippen LogP contribution >= 0.6 is 0 Å². The Kier molecular flexibility index (Phi) is 7.06. The van der Waals surface area contributed by atoms with Gasteiger partial charge >= 0.3 is 0 Å². The fraction of sp³-hybridized carbons (Fsp3) is 0.476. The van der Waals surface area contributed by atoms with Crippen LogP contribution < -0.4 is 19.7 Å². The Morgan fingerprint density at radius 3 is 2.68 bits per heavy atom. The van der Waals surface area contributed by atoms with Crippen LogP contribution in [0.3, 0.4) is 0 Å². The lowest BCUT2D eigenvalue weighted by atomic mass is 10.1. The molecule has 1 atom stereocenters. The second-order valence-electron chi connectivity index (χ2n) is 6.87. The summed E-state index contributed by atoms with van der Waals surface area (Å²) in [4.78, 5) is 23.3. The van der Waals surface area contributed by atoms with Gasteiger partial charge in [-0.3, -0.25) is 4.79 Å². The van der Waals surface area contributed by atoms with Gasteiger partial charge in [-0.2, -0.15) is 4.98 Å². The number of nitrogens with zero attached hydrogens (tertiary/aromatic N) is 3. The number of para-hydroxylation sites is 1. The molecule has 3 rings (SSSR count). The molecule has 0 saturated carbocycles. The summed E-state index contributed by atoms with van der Waals surface area (Å²) in [7, 11) is 0. The first-order valence-corrected chi connectivity index (χ1v) is 9.84. The minimum absolute atomic E-state index is 0.180. The highest BCUT2D eigenvalue weighted by Gasteiger charge is 2.15. The zero-order chi connectivity index (χ0) is 19.8. The van der Waals surface area contributed by atoms with E-state index in [9.17, 15) is 4.79 Å². The Morgan fingerprint density at radius 1 is 1.18 bits per heavy atom. The molecule has 2 heterocycles. The van der Waals surface area contributed by atoms with Crippen LogP contribution in [-0.2, 0) is 4.79 Å². The number of hydrogen-bond donors (Lipinski definition) is 1. The highest BCUT2D eigenvalue weighted by Crippen LogP contribution is 2.21. The standard InChI is InChI=1S/C21H28N4O3/c1-16(28-18-9-5-3-6-10-18)21(26)22-11-14-27-20-15-19(23-17(2)24-20)25-12-7-4-8-13-25/h3,5-6,9-10,15-16H,4,7-8,11-14H2,1-2H3,(H,22,26). The van der Waals surface area contributed by atoms with Gasteiger partial charge in [-0.1, -0.05) is 18.2 Å². The molecule has 7 nitrogen and oxygen atoms in total. The first kappa shape index (κ1) is 19.9. The van der Waals surface area contributed by atoms with E-state index < -0.39 is 6.10 Å². The molecule has 150 valence electrons. The summed E-state index contributed by atoms with van der Waals surface area (Å²) in [5.41, 5.74) is 0. The third-order valence-corrected chi connectivity index (χ3v) is 4.56. The van der Waals surface area contributed by atoms with E-state index >= 15 is 0 Å². The molecule has 1 unspecified atom stereocenters. The molecule has 1 fully saturated rings. The van der Waals surface area contributed by atoms with Crippen LogP contribution in [-0.4, -0.2) is 48.2 Å². The van der Waals surface area contributed by atoms with Crippen LogP contribution in [0.15, 0.2) is 36.4 Å². The topological polar surface area (TPSA) is 76.6 Å². The number of carbonyl (C=O) groups is 1. The summed E-state index contributed by atoms with van der Waals surface area (Å²) in [6.07, 6.45) is 3.08. The minimum Gasteiger partial charge on any atom is -0.481 e. The van der Waals surface area contributed by atoms with E-state index in [0.717, 1.165) is 18.9 Å². The van der Waals surface area contributed by atoms with Gasteiger partial charge in [0.25, 0.3) is 5.91 Å². The molecule has 0 radical (unpaired) electrons. The lowest BCUT2D eigenvalue weighted by Crippen LogP contribution is -2.38. The minimum atomic E-state index is -0.575. The third-order valence-electron chi connectivity index (χ3n) is 4.56. The van der Waals surface area contributed by atoms with Crippen molar-refractivity contribution in [1.29, 1.82) is 0 Å². The van der Waals surface area contributed by atoms with Gasteiger partial charge in [0.1, 0.15) is 24.0 Å². The average molecular weight is 384 g/mol. The van der Waals surface area contributed by atoms with Gasteiger partial charge in [0, 0.05) is 19.2 Å². The van der Waals surface area contributed by atoms with E-state index in [1.165, 1.54) is 19.3 Å². The van der Waals surface area contributed by atoms with Gasteiger partial charge in [0.15, 0.2) is 6.10 Å². The number of hydrogen-bond acceptors (Lipinski definition) is 6. The van der Waals surface area contributed by atoms with Crippen LogP contribution in [0.2, 0.25) is 0 Å². The second kappa shape index (κ2) is 9.92. The maximum atomic E-state index is 12.1. The maximum absolute atomic E-state index is 12.1. The molecule has 2 aromatic rings. The van der Waals surface area contributed by atoms with Crippen LogP contribution in [0.25, 0.3) is 0 Å². The van der Waals surface area contributed by atoms with Gasteiger partial charge in [-0.25, -0.2) is 4.98 Å². The summed E-state index contributed by atoms with van der Waals surface area (Å²) in [6.45, 7) is 6.34. The molecule has 0 bridgehead atoms. The highest BCUT2D eigenvalue weighted by atomic mass is 16.5. The molecular formula is C21H28N4O3. The lowest BCUT2D eigenvalue weighted by Gasteiger charge is -2.28. The molecule has 28 heavy (non-hydrogen) atoms. The maximum Gasteiger partial charge on any atom is 0.260 e. The monoisotopic (exact) mass is 384 g/mol. The van der Waals surface area contributed by atoms with Crippen molar-refractivity contribution in [2.45, 2.75) is 39.2 Å². The predicted molar refractivity (Wildman–Crippen MR) is 108 cm³/mol. The van der Waals surface area contributed by atoms with Crippen molar-refractivity contribution in [3.05, 3.63) is 42.2 Å². The van der Waals surface area contributed by atoms with Gasteiger partial charge < -0.3 is 19.7 Å². The van der Waals surface area contributed by atoms with E-state index in [2.05, 4.69) is 20.2 Å². The van der Waals surface area contributed by atoms with E-state index in [-0.39, 0.29) is 5.91 Å². The number of rotatable bonds is 8. The molecule has 0 spiro atoms. The quantitative estimate of drug-likeness (QED) is 0.705. The molecule has 0 aliphatic carbocycles. The van der Waals surface area contributed by atoms with Crippen LogP contribution in [0, 0.1) is 6.92 Å². The van der Waals surface area contributed by atoms with E-state index in [1.807, 2.05) is 43.3 Å². The number of ether oxygens (including phenoxy) is 2. The van der Waals surface area contributed by atoms with Crippen molar-refractivity contribution in [2.24, 2.45) is 0 Å².